The molecule has 2 rings (SSSR count). The fraction of sp³-hybridized carbons (Fsp3) is 0. The van der Waals surface area contributed by atoms with Crippen LogP contribution in [0.25, 0.3) is 0 Å². The molecule has 4 nitrogen and oxygen atoms in total. The van der Waals surface area contributed by atoms with E-state index in [4.69, 9.17) is 0 Å². The predicted octanol–water partition coefficient (Wildman–Crippen LogP) is 1.22. The Hall–Kier alpha value is -1.97. The first-order valence-electron chi connectivity index (χ1n) is 3.76. The standard InChI is InChI=1S/C9H6N2O2/c12-8-6-10-9(13)11(8)7-4-2-1-3-5-7/h1-6H. The summed E-state index contributed by atoms with van der Waals surface area (Å²) in [5.74, 6) is -0.392. The number of rotatable bonds is 1. The van der Waals surface area contributed by atoms with Crippen molar-refractivity contribution in [1.82, 2.24) is 0 Å². The summed E-state index contributed by atoms with van der Waals surface area (Å²) in [6.07, 6.45) is 1.02. The van der Waals surface area contributed by atoms with Crippen LogP contribution in [-0.4, -0.2) is 18.2 Å². The number of aliphatic imine (C=N–C) groups is 1. The van der Waals surface area contributed by atoms with Gasteiger partial charge < -0.3 is 0 Å². The number of urea groups is 1. The third kappa shape index (κ3) is 1.22. The lowest BCUT2D eigenvalue weighted by Gasteiger charge is -2.10. The summed E-state index contributed by atoms with van der Waals surface area (Å²) in [5, 5.41) is 0. The summed E-state index contributed by atoms with van der Waals surface area (Å²) in [6.45, 7) is 0. The summed E-state index contributed by atoms with van der Waals surface area (Å²) < 4.78 is 0. The number of nitrogens with zero attached hydrogens (tertiary/aromatic N) is 2. The highest BCUT2D eigenvalue weighted by Gasteiger charge is 2.26. The van der Waals surface area contributed by atoms with E-state index in [2.05, 4.69) is 4.99 Å². The Balaban J connectivity index is 2.38. The molecule has 0 spiro atoms. The van der Waals surface area contributed by atoms with Gasteiger partial charge in [0.25, 0.3) is 5.91 Å². The van der Waals surface area contributed by atoms with Crippen LogP contribution in [-0.2, 0) is 4.79 Å². The second kappa shape index (κ2) is 2.82. The molecule has 0 saturated carbocycles. The molecule has 0 radical (unpaired) electrons. The average Bonchev–Trinajstić information content (AvgIpc) is 2.48. The molecule has 0 aromatic heterocycles. The molecule has 0 atom stereocenters. The minimum Gasteiger partial charge on any atom is -0.267 e. The Morgan fingerprint density at radius 1 is 1.08 bits per heavy atom. The van der Waals surface area contributed by atoms with Gasteiger partial charge in [-0.2, -0.15) is 4.99 Å². The van der Waals surface area contributed by atoms with Gasteiger partial charge in [0.1, 0.15) is 0 Å². The number of benzene rings is 1. The Bertz CT molecular complexity index is 366. The quantitative estimate of drug-likeness (QED) is 0.642. The van der Waals surface area contributed by atoms with Crippen LogP contribution in [0.1, 0.15) is 0 Å². The Kier molecular flexibility index (Phi) is 1.66. The van der Waals surface area contributed by atoms with Crippen molar-refractivity contribution in [2.75, 3.05) is 4.90 Å². The maximum absolute atomic E-state index is 11.1. The zero-order valence-electron chi connectivity index (χ0n) is 6.68. The van der Waals surface area contributed by atoms with Crippen LogP contribution in [0.4, 0.5) is 10.5 Å². The molecule has 0 N–H and O–H groups in total. The summed E-state index contributed by atoms with van der Waals surface area (Å²) >= 11 is 0. The zero-order chi connectivity index (χ0) is 9.26. The third-order valence-corrected chi connectivity index (χ3v) is 1.71. The van der Waals surface area contributed by atoms with Crippen molar-refractivity contribution in [2.45, 2.75) is 0 Å². The van der Waals surface area contributed by atoms with Gasteiger partial charge in [-0.25, -0.2) is 9.69 Å². The van der Waals surface area contributed by atoms with Crippen molar-refractivity contribution in [1.29, 1.82) is 0 Å². The lowest BCUT2D eigenvalue weighted by molar-refractivity contribution is -0.111. The number of para-hydroxylation sites is 1. The minimum absolute atomic E-state index is 0.392. The van der Waals surface area contributed by atoms with Gasteiger partial charge in [-0.3, -0.25) is 4.79 Å². The number of carbonyl (C=O) groups excluding carboxylic acids is 2. The van der Waals surface area contributed by atoms with Gasteiger partial charge in [0.2, 0.25) is 0 Å². The monoisotopic (exact) mass is 174 g/mol. The first-order chi connectivity index (χ1) is 6.29. The van der Waals surface area contributed by atoms with Crippen molar-refractivity contribution in [3.05, 3.63) is 30.3 Å². The van der Waals surface area contributed by atoms with Crippen LogP contribution >= 0.6 is 0 Å². The number of imide groups is 1. The summed E-state index contributed by atoms with van der Waals surface area (Å²) in [6, 6.07) is 8.17. The van der Waals surface area contributed by atoms with Gasteiger partial charge in [0.05, 0.1) is 11.9 Å². The van der Waals surface area contributed by atoms with E-state index in [0.29, 0.717) is 5.69 Å². The summed E-state index contributed by atoms with van der Waals surface area (Å²) in [5.41, 5.74) is 0.551. The van der Waals surface area contributed by atoms with Gasteiger partial charge in [-0.1, -0.05) is 18.2 Å². The molecular weight excluding hydrogens is 168 g/mol. The molecule has 3 amide bonds. The van der Waals surface area contributed by atoms with Crippen LogP contribution in [0.15, 0.2) is 35.3 Å². The minimum atomic E-state index is -0.531. The molecule has 0 saturated heterocycles. The normalized spacial score (nSPS) is 15.5. The molecule has 0 aliphatic carbocycles. The molecule has 4 heteroatoms. The highest BCUT2D eigenvalue weighted by atomic mass is 16.2. The maximum atomic E-state index is 11.1. The van der Waals surface area contributed by atoms with Crippen molar-refractivity contribution in [2.24, 2.45) is 4.99 Å². The fourth-order valence-electron chi connectivity index (χ4n) is 1.13. The van der Waals surface area contributed by atoms with Gasteiger partial charge in [0, 0.05) is 0 Å². The molecule has 1 aromatic rings. The van der Waals surface area contributed by atoms with E-state index in [1.165, 1.54) is 0 Å². The second-order valence-electron chi connectivity index (χ2n) is 2.55. The number of amides is 3. The SMILES string of the molecule is O=C1C=NC(=O)N1c1ccccc1. The Morgan fingerprint density at radius 3 is 2.31 bits per heavy atom. The predicted molar refractivity (Wildman–Crippen MR) is 47.8 cm³/mol. The lowest BCUT2D eigenvalue weighted by Crippen LogP contribution is -2.29. The van der Waals surface area contributed by atoms with Crippen LogP contribution < -0.4 is 4.90 Å². The Morgan fingerprint density at radius 2 is 1.77 bits per heavy atom. The average molecular weight is 174 g/mol. The smallest absolute Gasteiger partial charge is 0.267 e. The molecule has 1 heterocycles. The Labute approximate surface area is 74.5 Å². The van der Waals surface area contributed by atoms with Gasteiger partial charge in [-0.15, -0.1) is 0 Å². The molecule has 13 heavy (non-hydrogen) atoms. The van der Waals surface area contributed by atoms with Crippen molar-refractivity contribution >= 4 is 23.8 Å². The van der Waals surface area contributed by atoms with E-state index in [-0.39, 0.29) is 0 Å². The summed E-state index contributed by atoms with van der Waals surface area (Å²) in [7, 11) is 0. The molecule has 0 fully saturated rings. The largest absolute Gasteiger partial charge is 0.355 e. The van der Waals surface area contributed by atoms with Crippen LogP contribution in [0.5, 0.6) is 0 Å². The highest BCUT2D eigenvalue weighted by Crippen LogP contribution is 2.16. The van der Waals surface area contributed by atoms with Crippen LogP contribution in [0.3, 0.4) is 0 Å². The number of anilines is 1. The van der Waals surface area contributed by atoms with E-state index >= 15 is 0 Å². The van der Waals surface area contributed by atoms with Crippen molar-refractivity contribution in [3.63, 3.8) is 0 Å². The molecule has 1 aliphatic rings. The summed E-state index contributed by atoms with van der Waals surface area (Å²) in [4.78, 5) is 26.6. The first-order valence-corrected chi connectivity index (χ1v) is 3.76. The second-order valence-corrected chi connectivity index (χ2v) is 2.55. The van der Waals surface area contributed by atoms with E-state index in [0.717, 1.165) is 11.1 Å². The molecule has 0 unspecified atom stereocenters. The van der Waals surface area contributed by atoms with E-state index in [9.17, 15) is 9.59 Å². The number of hydrogen-bond acceptors (Lipinski definition) is 2. The third-order valence-electron chi connectivity index (χ3n) is 1.71. The molecular formula is C9H6N2O2. The maximum Gasteiger partial charge on any atom is 0.355 e. The van der Waals surface area contributed by atoms with Crippen molar-refractivity contribution in [3.8, 4) is 0 Å². The van der Waals surface area contributed by atoms with E-state index in [1.54, 1.807) is 24.3 Å². The number of carbonyl (C=O) groups is 2. The zero-order valence-corrected chi connectivity index (χ0v) is 6.68. The highest BCUT2D eigenvalue weighted by molar-refractivity contribution is 6.45. The molecule has 0 bridgehead atoms. The molecule has 1 aliphatic heterocycles. The van der Waals surface area contributed by atoms with E-state index < -0.39 is 11.9 Å². The van der Waals surface area contributed by atoms with Crippen molar-refractivity contribution < 1.29 is 9.59 Å². The van der Waals surface area contributed by atoms with Crippen LogP contribution in [0.2, 0.25) is 0 Å². The van der Waals surface area contributed by atoms with Crippen LogP contribution in [0, 0.1) is 0 Å². The molecule has 1 aromatic carbocycles. The van der Waals surface area contributed by atoms with Gasteiger partial charge >= 0.3 is 6.03 Å². The van der Waals surface area contributed by atoms with Gasteiger partial charge in [-0.05, 0) is 12.1 Å². The van der Waals surface area contributed by atoms with Gasteiger partial charge in [0.15, 0.2) is 0 Å². The fourth-order valence-corrected chi connectivity index (χ4v) is 1.13. The molecule has 64 valence electrons. The topological polar surface area (TPSA) is 49.7 Å². The van der Waals surface area contributed by atoms with E-state index in [1.807, 2.05) is 6.07 Å². The lowest BCUT2D eigenvalue weighted by atomic mass is 10.3. The number of hydrogen-bond donors (Lipinski definition) is 0. The first kappa shape index (κ1) is 7.67.